The third-order valence-electron chi connectivity index (χ3n) is 5.99. The quantitative estimate of drug-likeness (QED) is 0.625. The summed E-state index contributed by atoms with van der Waals surface area (Å²) in [5.74, 6) is 0. The van der Waals surface area contributed by atoms with Crippen molar-refractivity contribution in [2.45, 2.75) is 48.7 Å². The van der Waals surface area contributed by atoms with Crippen LogP contribution < -0.4 is 0 Å². The number of hydrogen-bond acceptors (Lipinski definition) is 4. The first-order valence-electron chi connectivity index (χ1n) is 9.78. The smallest absolute Gasteiger partial charge is 0.207 e. The minimum Gasteiger partial charge on any atom is -0.207 e. The number of aromatic nitrogens is 3. The summed E-state index contributed by atoms with van der Waals surface area (Å²) in [7, 11) is -3.54. The van der Waals surface area contributed by atoms with Crippen LogP contribution in [-0.4, -0.2) is 39.8 Å². The van der Waals surface area contributed by atoms with Crippen LogP contribution in [0, 0.1) is 0 Å². The SMILES string of the molecule is O=S(=O)(c1ccc(-c2cccc(Cl)c2)cc1)N1C2CCC1CC(n1nccn1)C2. The Morgan fingerprint density at radius 2 is 1.52 bits per heavy atom. The van der Waals surface area contributed by atoms with Gasteiger partial charge in [0.2, 0.25) is 10.0 Å². The molecular formula is C21H21ClN4O2S. The van der Waals surface area contributed by atoms with Gasteiger partial charge in [-0.15, -0.1) is 0 Å². The van der Waals surface area contributed by atoms with E-state index in [9.17, 15) is 8.42 Å². The number of hydrogen-bond donors (Lipinski definition) is 0. The average molecular weight is 429 g/mol. The van der Waals surface area contributed by atoms with Crippen molar-refractivity contribution in [2.24, 2.45) is 0 Å². The van der Waals surface area contributed by atoms with E-state index in [4.69, 9.17) is 11.6 Å². The van der Waals surface area contributed by atoms with Crippen molar-refractivity contribution >= 4 is 21.6 Å². The monoisotopic (exact) mass is 428 g/mol. The van der Waals surface area contributed by atoms with E-state index in [1.807, 2.05) is 36.4 Å². The Morgan fingerprint density at radius 1 is 0.862 bits per heavy atom. The highest BCUT2D eigenvalue weighted by molar-refractivity contribution is 7.89. The molecule has 3 heterocycles. The minimum absolute atomic E-state index is 0.00218. The van der Waals surface area contributed by atoms with Gasteiger partial charge in [-0.05, 0) is 61.1 Å². The normalized spacial score (nSPS) is 24.7. The zero-order chi connectivity index (χ0) is 20.0. The summed E-state index contributed by atoms with van der Waals surface area (Å²) in [5, 5.41) is 9.17. The number of benzene rings is 2. The fraction of sp³-hybridized carbons (Fsp3) is 0.333. The van der Waals surface area contributed by atoms with Crippen LogP contribution >= 0.6 is 11.6 Å². The van der Waals surface area contributed by atoms with Crippen LogP contribution in [-0.2, 0) is 10.0 Å². The van der Waals surface area contributed by atoms with Crippen LogP contribution in [0.15, 0.2) is 65.8 Å². The zero-order valence-electron chi connectivity index (χ0n) is 15.7. The Kier molecular flexibility index (Phi) is 4.69. The third-order valence-corrected chi connectivity index (χ3v) is 8.25. The number of halogens is 1. The second-order valence-corrected chi connectivity index (χ2v) is 10.0. The van der Waals surface area contributed by atoms with Gasteiger partial charge in [0.05, 0.1) is 23.3 Å². The fourth-order valence-electron chi connectivity index (χ4n) is 4.71. The Morgan fingerprint density at radius 3 is 2.14 bits per heavy atom. The molecule has 29 heavy (non-hydrogen) atoms. The van der Waals surface area contributed by atoms with Gasteiger partial charge in [-0.3, -0.25) is 0 Å². The third kappa shape index (κ3) is 3.37. The fourth-order valence-corrected chi connectivity index (χ4v) is 6.79. The lowest BCUT2D eigenvalue weighted by atomic mass is 10.0. The van der Waals surface area contributed by atoms with Crippen LogP contribution in [0.5, 0.6) is 0 Å². The maximum absolute atomic E-state index is 13.4. The van der Waals surface area contributed by atoms with E-state index in [-0.39, 0.29) is 18.1 Å². The van der Waals surface area contributed by atoms with E-state index < -0.39 is 10.0 Å². The van der Waals surface area contributed by atoms with Crippen LogP contribution in [0.3, 0.4) is 0 Å². The Labute approximate surface area is 175 Å². The van der Waals surface area contributed by atoms with Gasteiger partial charge >= 0.3 is 0 Å². The molecule has 0 amide bonds. The van der Waals surface area contributed by atoms with Gasteiger partial charge in [0.25, 0.3) is 0 Å². The highest BCUT2D eigenvalue weighted by Gasteiger charge is 2.48. The molecule has 2 bridgehead atoms. The maximum atomic E-state index is 13.4. The Bertz CT molecular complexity index is 1100. The van der Waals surface area contributed by atoms with E-state index in [1.54, 1.807) is 33.6 Å². The molecule has 0 saturated carbocycles. The van der Waals surface area contributed by atoms with Crippen LogP contribution in [0.4, 0.5) is 0 Å². The minimum atomic E-state index is -3.54. The van der Waals surface area contributed by atoms with Crippen LogP contribution in [0.1, 0.15) is 31.7 Å². The van der Waals surface area contributed by atoms with Crippen molar-refractivity contribution in [1.82, 2.24) is 19.3 Å². The Hall–Kier alpha value is -2.22. The largest absolute Gasteiger partial charge is 0.243 e. The number of rotatable bonds is 4. The molecule has 8 heteroatoms. The van der Waals surface area contributed by atoms with E-state index in [0.29, 0.717) is 9.92 Å². The standard InChI is InChI=1S/C21H21ClN4O2S/c22-17-3-1-2-16(12-17)15-4-8-21(9-5-15)29(27,28)25-18-6-7-19(25)14-20(13-18)26-23-10-11-24-26/h1-5,8-12,18-20H,6-7,13-14H2. The molecule has 2 aliphatic rings. The molecule has 1 aromatic heterocycles. The predicted molar refractivity (Wildman–Crippen MR) is 111 cm³/mol. The summed E-state index contributed by atoms with van der Waals surface area (Å²) in [4.78, 5) is 2.07. The summed E-state index contributed by atoms with van der Waals surface area (Å²) in [6.07, 6.45) is 6.64. The van der Waals surface area contributed by atoms with Crippen molar-refractivity contribution in [3.05, 3.63) is 65.9 Å². The van der Waals surface area contributed by atoms with Gasteiger partial charge in [-0.25, -0.2) is 8.42 Å². The van der Waals surface area contributed by atoms with Crippen LogP contribution in [0.25, 0.3) is 11.1 Å². The van der Waals surface area contributed by atoms with Crippen molar-refractivity contribution in [1.29, 1.82) is 0 Å². The Balaban J connectivity index is 1.40. The molecule has 2 aromatic carbocycles. The van der Waals surface area contributed by atoms with Crippen LogP contribution in [0.2, 0.25) is 5.02 Å². The summed E-state index contributed by atoms with van der Waals surface area (Å²) in [5.41, 5.74) is 1.91. The maximum Gasteiger partial charge on any atom is 0.243 e. The van der Waals surface area contributed by atoms with Gasteiger partial charge in [-0.1, -0.05) is 35.9 Å². The first-order chi connectivity index (χ1) is 14.0. The highest BCUT2D eigenvalue weighted by atomic mass is 35.5. The van der Waals surface area contributed by atoms with Crippen molar-refractivity contribution in [3.8, 4) is 11.1 Å². The number of fused-ring (bicyclic) bond motifs is 2. The number of sulfonamides is 1. The molecule has 6 nitrogen and oxygen atoms in total. The molecule has 2 aliphatic heterocycles. The molecule has 3 aromatic rings. The average Bonchev–Trinajstić information content (AvgIpc) is 3.35. The van der Waals surface area contributed by atoms with Gasteiger partial charge in [0.1, 0.15) is 0 Å². The molecule has 0 radical (unpaired) electrons. The lowest BCUT2D eigenvalue weighted by Crippen LogP contribution is -2.47. The van der Waals surface area contributed by atoms with Crippen molar-refractivity contribution in [3.63, 3.8) is 0 Å². The lowest BCUT2D eigenvalue weighted by molar-refractivity contribution is 0.174. The van der Waals surface area contributed by atoms with E-state index >= 15 is 0 Å². The van der Waals surface area contributed by atoms with Gasteiger partial charge in [-0.2, -0.15) is 19.3 Å². The second kappa shape index (κ2) is 7.23. The zero-order valence-corrected chi connectivity index (χ0v) is 17.3. The lowest BCUT2D eigenvalue weighted by Gasteiger charge is -2.37. The molecule has 2 unspecified atom stereocenters. The molecular weight excluding hydrogens is 408 g/mol. The molecule has 0 aliphatic carbocycles. The van der Waals surface area contributed by atoms with Gasteiger partial charge in [0, 0.05) is 17.1 Å². The predicted octanol–water partition coefficient (Wildman–Crippen LogP) is 4.16. The molecule has 2 fully saturated rings. The summed E-state index contributed by atoms with van der Waals surface area (Å²) < 4.78 is 28.6. The van der Waals surface area contributed by atoms with Gasteiger partial charge in [0.15, 0.2) is 0 Å². The van der Waals surface area contributed by atoms with Gasteiger partial charge < -0.3 is 0 Å². The first-order valence-corrected chi connectivity index (χ1v) is 11.6. The molecule has 150 valence electrons. The molecule has 0 spiro atoms. The summed E-state index contributed by atoms with van der Waals surface area (Å²) >= 11 is 6.07. The van der Waals surface area contributed by atoms with Crippen molar-refractivity contribution < 1.29 is 8.42 Å². The highest BCUT2D eigenvalue weighted by Crippen LogP contribution is 2.43. The van der Waals surface area contributed by atoms with E-state index in [2.05, 4.69) is 10.2 Å². The van der Waals surface area contributed by atoms with Crippen molar-refractivity contribution in [2.75, 3.05) is 0 Å². The second-order valence-electron chi connectivity index (χ2n) is 7.73. The number of piperidine rings is 1. The topological polar surface area (TPSA) is 68.1 Å². The number of nitrogens with zero attached hydrogens (tertiary/aromatic N) is 4. The molecule has 2 atom stereocenters. The van der Waals surface area contributed by atoms with E-state index in [0.717, 1.165) is 36.8 Å². The first kappa shape index (κ1) is 18.8. The molecule has 2 saturated heterocycles. The summed E-state index contributed by atoms with van der Waals surface area (Å²) in [6, 6.07) is 14.8. The molecule has 0 N–H and O–H groups in total. The summed E-state index contributed by atoms with van der Waals surface area (Å²) in [6.45, 7) is 0. The molecule has 5 rings (SSSR count). The van der Waals surface area contributed by atoms with E-state index in [1.165, 1.54) is 0 Å².